The van der Waals surface area contributed by atoms with Gasteiger partial charge in [0.25, 0.3) is 0 Å². The van der Waals surface area contributed by atoms with Crippen molar-refractivity contribution in [2.75, 3.05) is 24.7 Å². The maximum absolute atomic E-state index is 12.5. The fraction of sp³-hybridized carbons (Fsp3) is 0.526. The smallest absolute Gasteiger partial charge is 0.233 e. The van der Waals surface area contributed by atoms with E-state index in [4.69, 9.17) is 4.74 Å². The van der Waals surface area contributed by atoms with Crippen LogP contribution in [0.1, 0.15) is 39.0 Å². The van der Waals surface area contributed by atoms with Crippen LogP contribution in [-0.4, -0.2) is 46.5 Å². The van der Waals surface area contributed by atoms with Crippen molar-refractivity contribution in [3.63, 3.8) is 0 Å². The van der Waals surface area contributed by atoms with Crippen molar-refractivity contribution in [1.29, 1.82) is 0 Å². The summed E-state index contributed by atoms with van der Waals surface area (Å²) < 4.78 is 6.41. The van der Waals surface area contributed by atoms with E-state index in [1.54, 1.807) is 0 Å². The minimum absolute atomic E-state index is 0.165. The molecule has 0 saturated heterocycles. The monoisotopic (exact) mass is 406 g/mol. The molecule has 1 saturated carbocycles. The number of carbonyl (C=O) groups is 1. The Morgan fingerprint density at radius 2 is 2.07 bits per heavy atom. The van der Waals surface area contributed by atoms with Crippen molar-refractivity contribution in [1.82, 2.24) is 15.1 Å². The van der Waals surface area contributed by atoms with Crippen molar-refractivity contribution >= 4 is 39.8 Å². The summed E-state index contributed by atoms with van der Waals surface area (Å²) in [7, 11) is 1.93. The number of rotatable bonds is 8. The molecule has 1 N–H and O–H groups in total. The summed E-state index contributed by atoms with van der Waals surface area (Å²) in [5.41, 5.74) is 0.861. The van der Waals surface area contributed by atoms with Crippen LogP contribution in [-0.2, 0) is 4.79 Å². The van der Waals surface area contributed by atoms with Gasteiger partial charge in [-0.3, -0.25) is 4.79 Å². The van der Waals surface area contributed by atoms with E-state index in [0.717, 1.165) is 28.6 Å². The van der Waals surface area contributed by atoms with Gasteiger partial charge in [-0.15, -0.1) is 10.2 Å². The summed E-state index contributed by atoms with van der Waals surface area (Å²) in [5.74, 6) is 1.35. The van der Waals surface area contributed by atoms with Gasteiger partial charge in [0.15, 0.2) is 4.34 Å². The summed E-state index contributed by atoms with van der Waals surface area (Å²) in [6.45, 7) is 2.56. The largest absolute Gasteiger partial charge is 0.492 e. The van der Waals surface area contributed by atoms with Crippen molar-refractivity contribution in [2.24, 2.45) is 0 Å². The Bertz CT molecular complexity index is 747. The number of anilines is 2. The van der Waals surface area contributed by atoms with Crippen molar-refractivity contribution in [3.8, 4) is 5.75 Å². The topological polar surface area (TPSA) is 67.3 Å². The molecule has 6 nitrogen and oxygen atoms in total. The number of nitrogens with one attached hydrogen (secondary N) is 1. The highest BCUT2D eigenvalue weighted by atomic mass is 32.2. The number of hydrogen-bond acceptors (Lipinski definition) is 7. The normalized spacial score (nSPS) is 14.7. The number of carbonyl (C=O) groups excluding carboxylic acids is 1. The lowest BCUT2D eigenvalue weighted by molar-refractivity contribution is -0.129. The first-order chi connectivity index (χ1) is 13.2. The van der Waals surface area contributed by atoms with Crippen LogP contribution < -0.4 is 10.1 Å². The SMILES string of the molecule is CCOc1ccccc1Nc1nnc(SCC(=O)N(C)C2CCCCC2)s1. The van der Waals surface area contributed by atoms with Crippen molar-refractivity contribution < 1.29 is 9.53 Å². The van der Waals surface area contributed by atoms with E-state index in [9.17, 15) is 4.79 Å². The molecule has 1 fully saturated rings. The molecule has 0 unspecified atom stereocenters. The van der Waals surface area contributed by atoms with Crippen LogP contribution in [0.4, 0.5) is 10.8 Å². The Labute approximate surface area is 168 Å². The average Bonchev–Trinajstić information content (AvgIpc) is 3.15. The second-order valence-electron chi connectivity index (χ2n) is 6.51. The molecular weight excluding hydrogens is 380 g/mol. The van der Waals surface area contributed by atoms with Gasteiger partial charge in [-0.25, -0.2) is 0 Å². The van der Waals surface area contributed by atoms with Crippen molar-refractivity contribution in [2.45, 2.75) is 49.4 Å². The van der Waals surface area contributed by atoms with Gasteiger partial charge in [0.05, 0.1) is 18.0 Å². The molecule has 0 radical (unpaired) electrons. The second-order valence-corrected chi connectivity index (χ2v) is 8.71. The number of ether oxygens (including phenoxy) is 1. The first kappa shape index (κ1) is 19.9. The highest BCUT2D eigenvalue weighted by Crippen LogP contribution is 2.32. The molecule has 1 aliphatic rings. The van der Waals surface area contributed by atoms with E-state index >= 15 is 0 Å². The summed E-state index contributed by atoms with van der Waals surface area (Å²) >= 11 is 2.90. The molecule has 0 spiro atoms. The maximum atomic E-state index is 12.5. The molecule has 2 aromatic rings. The molecule has 1 heterocycles. The second kappa shape index (κ2) is 9.94. The van der Waals surface area contributed by atoms with Crippen LogP contribution in [0.3, 0.4) is 0 Å². The van der Waals surface area contributed by atoms with Crippen molar-refractivity contribution in [3.05, 3.63) is 24.3 Å². The fourth-order valence-corrected chi connectivity index (χ4v) is 4.87. The van der Waals surface area contributed by atoms with E-state index in [2.05, 4.69) is 15.5 Å². The van der Waals surface area contributed by atoms with Crippen LogP contribution in [0.15, 0.2) is 28.6 Å². The molecule has 0 aliphatic heterocycles. The van der Waals surface area contributed by atoms with E-state index in [1.807, 2.05) is 43.1 Å². The number of thioether (sulfide) groups is 1. The Morgan fingerprint density at radius 3 is 2.85 bits per heavy atom. The van der Waals surface area contributed by atoms with Crippen LogP contribution in [0.25, 0.3) is 0 Å². The van der Waals surface area contributed by atoms with Gasteiger partial charge in [0.2, 0.25) is 11.0 Å². The first-order valence-corrected chi connectivity index (χ1v) is 11.2. The number of aromatic nitrogens is 2. The lowest BCUT2D eigenvalue weighted by Crippen LogP contribution is -2.39. The molecule has 146 valence electrons. The summed E-state index contributed by atoms with van der Waals surface area (Å²) in [5, 5.41) is 12.3. The Balaban J connectivity index is 1.53. The van der Waals surface area contributed by atoms with Gasteiger partial charge >= 0.3 is 0 Å². The molecule has 1 aromatic carbocycles. The summed E-state index contributed by atoms with van der Waals surface area (Å²) in [4.78, 5) is 14.4. The Hall–Kier alpha value is -1.80. The molecule has 8 heteroatoms. The maximum Gasteiger partial charge on any atom is 0.233 e. The first-order valence-electron chi connectivity index (χ1n) is 9.38. The number of benzene rings is 1. The molecule has 0 bridgehead atoms. The summed E-state index contributed by atoms with van der Waals surface area (Å²) in [6.07, 6.45) is 5.99. The van der Waals surface area contributed by atoms with Crippen LogP contribution >= 0.6 is 23.1 Å². The quantitative estimate of drug-likeness (QED) is 0.648. The Morgan fingerprint density at radius 1 is 1.30 bits per heavy atom. The van der Waals surface area contributed by atoms with Gasteiger partial charge in [0, 0.05) is 13.1 Å². The van der Waals surface area contributed by atoms with Crippen LogP contribution in [0, 0.1) is 0 Å². The lowest BCUT2D eigenvalue weighted by Gasteiger charge is -2.31. The number of para-hydroxylation sites is 2. The van der Waals surface area contributed by atoms with Crippen LogP contribution in [0.5, 0.6) is 5.75 Å². The number of hydrogen-bond donors (Lipinski definition) is 1. The third-order valence-electron chi connectivity index (χ3n) is 4.67. The predicted molar refractivity (Wildman–Crippen MR) is 111 cm³/mol. The third kappa shape index (κ3) is 5.59. The minimum atomic E-state index is 0.165. The fourth-order valence-electron chi connectivity index (χ4n) is 3.18. The van der Waals surface area contributed by atoms with Crippen LogP contribution in [0.2, 0.25) is 0 Å². The molecule has 1 amide bonds. The number of amides is 1. The van der Waals surface area contributed by atoms with Gasteiger partial charge in [-0.1, -0.05) is 54.5 Å². The zero-order valence-electron chi connectivity index (χ0n) is 15.8. The van der Waals surface area contributed by atoms with E-state index in [1.165, 1.54) is 42.4 Å². The van der Waals surface area contributed by atoms with Gasteiger partial charge < -0.3 is 15.0 Å². The van der Waals surface area contributed by atoms with E-state index < -0.39 is 0 Å². The summed E-state index contributed by atoms with van der Waals surface area (Å²) in [6, 6.07) is 8.14. The third-order valence-corrected chi connectivity index (χ3v) is 6.63. The molecular formula is C19H26N4O2S2. The standard InChI is InChI=1S/C19H26N4O2S2/c1-3-25-16-12-8-7-11-15(16)20-18-21-22-19(27-18)26-13-17(24)23(2)14-9-5-4-6-10-14/h7-8,11-12,14H,3-6,9-10,13H2,1-2H3,(H,20,21). The van der Waals surface area contributed by atoms with E-state index in [-0.39, 0.29) is 5.91 Å². The Kier molecular flexibility index (Phi) is 7.34. The highest BCUT2D eigenvalue weighted by Gasteiger charge is 2.22. The predicted octanol–water partition coefficient (Wildman–Crippen LogP) is 4.56. The highest BCUT2D eigenvalue weighted by molar-refractivity contribution is 8.01. The molecule has 1 aliphatic carbocycles. The number of nitrogens with zero attached hydrogens (tertiary/aromatic N) is 3. The minimum Gasteiger partial charge on any atom is -0.492 e. The zero-order valence-corrected chi connectivity index (χ0v) is 17.4. The van der Waals surface area contributed by atoms with Gasteiger partial charge in [-0.05, 0) is 31.9 Å². The molecule has 0 atom stereocenters. The lowest BCUT2D eigenvalue weighted by atomic mass is 9.94. The average molecular weight is 407 g/mol. The van der Waals surface area contributed by atoms with E-state index in [0.29, 0.717) is 23.5 Å². The molecule has 3 rings (SSSR count). The zero-order chi connectivity index (χ0) is 19.1. The molecule has 27 heavy (non-hydrogen) atoms. The molecule has 1 aromatic heterocycles. The van der Waals surface area contributed by atoms with Gasteiger partial charge in [0.1, 0.15) is 5.75 Å². The van der Waals surface area contributed by atoms with Gasteiger partial charge in [-0.2, -0.15) is 0 Å².